The molecule has 0 heteroatoms. The Morgan fingerprint density at radius 3 is 0.744 bits per heavy atom. The lowest BCUT2D eigenvalue weighted by molar-refractivity contribution is 0.535. The Kier molecular flexibility index (Phi) is 31.6. The van der Waals surface area contributed by atoms with Crippen molar-refractivity contribution in [2.24, 2.45) is 5.41 Å². The van der Waals surface area contributed by atoms with Gasteiger partial charge in [-0.05, 0) is 25.7 Å². The summed E-state index contributed by atoms with van der Waals surface area (Å²) in [4.78, 5) is 0. The maximum atomic E-state index is 2.44. The average Bonchev–Trinajstić information content (AvgIpc) is 2.92. The van der Waals surface area contributed by atoms with Gasteiger partial charge in [0.1, 0.15) is 0 Å². The molecule has 0 heterocycles. The van der Waals surface area contributed by atoms with Gasteiger partial charge < -0.3 is 0 Å². The minimum absolute atomic E-state index is 0.214. The lowest BCUT2D eigenvalue weighted by Crippen LogP contribution is -2.01. The van der Waals surface area contributed by atoms with Crippen LogP contribution in [0.25, 0.3) is 0 Å². The first kappa shape index (κ1) is 38.5. The number of hydrogen-bond donors (Lipinski definition) is 0. The second-order valence-electron chi connectivity index (χ2n) is 13.4. The molecule has 0 spiro atoms. The molecule has 0 nitrogen and oxygen atoms in total. The molecular weight excluding hydrogens is 468 g/mol. The van der Waals surface area contributed by atoms with E-state index in [1.54, 1.807) is 0 Å². The first-order valence-corrected chi connectivity index (χ1v) is 18.5. The summed E-state index contributed by atoms with van der Waals surface area (Å²) in [6.07, 6.45) is 52.7. The van der Waals surface area contributed by atoms with Crippen LogP contribution in [0.3, 0.4) is 0 Å². The predicted molar refractivity (Wildman–Crippen MR) is 182 cm³/mol. The predicted octanol–water partition coefficient (Wildman–Crippen LogP) is 14.9. The summed E-state index contributed by atoms with van der Waals surface area (Å²) in [7, 11) is 0. The van der Waals surface area contributed by atoms with E-state index in [4.69, 9.17) is 0 Å². The molecule has 0 aromatic heterocycles. The number of unbranched alkanes of at least 4 members (excludes halogenated alkanes) is 28. The van der Waals surface area contributed by atoms with Gasteiger partial charge in [-0.2, -0.15) is 0 Å². The summed E-state index contributed by atoms with van der Waals surface area (Å²) in [6.45, 7) is 9.32. The standard InChI is InChI=1S/C39H76/c1-5-7-9-11-13-15-17-19-21-23-25-27-29-31-33-35-37-39(3,4)38-36-34-32-30-28-26-24-22-20-18-16-14-12-10-8-6-2/h35-38H,5-34H2,1-4H3. The minimum atomic E-state index is 0.214. The monoisotopic (exact) mass is 545 g/mol. The second kappa shape index (κ2) is 32.0. The summed E-state index contributed by atoms with van der Waals surface area (Å²) in [5.41, 5.74) is 0.214. The van der Waals surface area contributed by atoms with Gasteiger partial charge in [-0.1, -0.05) is 219 Å². The Bertz CT molecular complexity index is 452. The molecule has 0 radical (unpaired) electrons. The van der Waals surface area contributed by atoms with Crippen LogP contribution in [0.5, 0.6) is 0 Å². The fourth-order valence-electron chi connectivity index (χ4n) is 5.74. The molecule has 0 aromatic carbocycles. The van der Waals surface area contributed by atoms with E-state index in [9.17, 15) is 0 Å². The molecule has 0 aliphatic heterocycles. The molecule has 0 saturated heterocycles. The smallest absolute Gasteiger partial charge is 0.000439 e. The third kappa shape index (κ3) is 33.6. The van der Waals surface area contributed by atoms with Gasteiger partial charge in [0, 0.05) is 5.41 Å². The van der Waals surface area contributed by atoms with Crippen molar-refractivity contribution in [2.45, 2.75) is 220 Å². The molecule has 0 atom stereocenters. The molecule has 0 bridgehead atoms. The zero-order valence-corrected chi connectivity index (χ0v) is 28.0. The van der Waals surface area contributed by atoms with Crippen LogP contribution < -0.4 is 0 Å². The Morgan fingerprint density at radius 1 is 0.308 bits per heavy atom. The normalized spacial score (nSPS) is 12.4. The van der Waals surface area contributed by atoms with E-state index in [0.29, 0.717) is 0 Å². The maximum Gasteiger partial charge on any atom is 0.000439 e. The minimum Gasteiger partial charge on any atom is -0.0877 e. The van der Waals surface area contributed by atoms with Gasteiger partial charge in [-0.15, -0.1) is 0 Å². The van der Waals surface area contributed by atoms with Gasteiger partial charge in [-0.25, -0.2) is 0 Å². The number of allylic oxidation sites excluding steroid dienone is 4. The molecule has 0 unspecified atom stereocenters. The third-order valence-electron chi connectivity index (χ3n) is 8.54. The fourth-order valence-corrected chi connectivity index (χ4v) is 5.74. The highest BCUT2D eigenvalue weighted by molar-refractivity contribution is 5.07. The van der Waals surface area contributed by atoms with Gasteiger partial charge in [-0.3, -0.25) is 0 Å². The highest BCUT2D eigenvalue weighted by Gasteiger charge is 2.07. The van der Waals surface area contributed by atoms with Crippen molar-refractivity contribution in [3.8, 4) is 0 Å². The molecule has 0 aromatic rings. The van der Waals surface area contributed by atoms with E-state index in [1.807, 2.05) is 0 Å². The summed E-state index contributed by atoms with van der Waals surface area (Å²) in [5, 5.41) is 0. The van der Waals surface area contributed by atoms with Gasteiger partial charge in [0.25, 0.3) is 0 Å². The second-order valence-corrected chi connectivity index (χ2v) is 13.4. The van der Waals surface area contributed by atoms with E-state index < -0.39 is 0 Å². The molecule has 0 aliphatic carbocycles. The SMILES string of the molecule is CCCCCCCCCCCCCCCCC=CC(C)(C)C=CCCCCCCCCCCCCCCCC. The molecule has 39 heavy (non-hydrogen) atoms. The number of rotatable bonds is 32. The van der Waals surface area contributed by atoms with E-state index >= 15 is 0 Å². The molecular formula is C39H76. The van der Waals surface area contributed by atoms with Gasteiger partial charge in [0.15, 0.2) is 0 Å². The first-order chi connectivity index (χ1) is 19.1. The first-order valence-electron chi connectivity index (χ1n) is 18.5. The molecule has 0 rings (SSSR count). The highest BCUT2D eigenvalue weighted by Crippen LogP contribution is 2.21. The molecule has 232 valence electrons. The lowest BCUT2D eigenvalue weighted by Gasteiger charge is -2.14. The van der Waals surface area contributed by atoms with E-state index in [-0.39, 0.29) is 5.41 Å². The van der Waals surface area contributed by atoms with Crippen LogP contribution in [0.1, 0.15) is 220 Å². The van der Waals surface area contributed by atoms with Gasteiger partial charge in [0.2, 0.25) is 0 Å². The van der Waals surface area contributed by atoms with Crippen LogP contribution in [0.15, 0.2) is 24.3 Å². The average molecular weight is 545 g/mol. The topological polar surface area (TPSA) is 0 Å². The summed E-state index contributed by atoms with van der Waals surface area (Å²) in [6, 6.07) is 0. The quantitative estimate of drug-likeness (QED) is 0.0583. The number of hydrogen-bond acceptors (Lipinski definition) is 0. The van der Waals surface area contributed by atoms with Crippen LogP contribution in [0.4, 0.5) is 0 Å². The lowest BCUT2D eigenvalue weighted by atomic mass is 9.91. The van der Waals surface area contributed by atoms with Crippen molar-refractivity contribution in [2.75, 3.05) is 0 Å². The van der Waals surface area contributed by atoms with E-state index in [2.05, 4.69) is 52.0 Å². The molecule has 0 N–H and O–H groups in total. The Labute approximate surface area is 249 Å². The summed E-state index contributed by atoms with van der Waals surface area (Å²) >= 11 is 0. The Morgan fingerprint density at radius 2 is 0.513 bits per heavy atom. The fraction of sp³-hybridized carbons (Fsp3) is 0.897. The van der Waals surface area contributed by atoms with Crippen LogP contribution in [0.2, 0.25) is 0 Å². The molecule has 0 amide bonds. The largest absolute Gasteiger partial charge is 0.0877 e. The van der Waals surface area contributed by atoms with E-state index in [0.717, 1.165) is 0 Å². The van der Waals surface area contributed by atoms with Crippen molar-refractivity contribution in [3.63, 3.8) is 0 Å². The van der Waals surface area contributed by atoms with Crippen molar-refractivity contribution in [1.82, 2.24) is 0 Å². The Balaban J connectivity index is 3.42. The zero-order valence-electron chi connectivity index (χ0n) is 28.0. The molecule has 0 fully saturated rings. The van der Waals surface area contributed by atoms with Crippen LogP contribution in [0, 0.1) is 5.41 Å². The van der Waals surface area contributed by atoms with Crippen molar-refractivity contribution < 1.29 is 0 Å². The van der Waals surface area contributed by atoms with Crippen LogP contribution >= 0.6 is 0 Å². The highest BCUT2D eigenvalue weighted by atomic mass is 14.1. The Hall–Kier alpha value is -0.520. The zero-order chi connectivity index (χ0) is 28.5. The van der Waals surface area contributed by atoms with Gasteiger partial charge in [0.05, 0.1) is 0 Å². The van der Waals surface area contributed by atoms with Crippen molar-refractivity contribution in [1.29, 1.82) is 0 Å². The van der Waals surface area contributed by atoms with E-state index in [1.165, 1.54) is 193 Å². The van der Waals surface area contributed by atoms with Crippen LogP contribution in [-0.2, 0) is 0 Å². The third-order valence-corrected chi connectivity index (χ3v) is 8.54. The van der Waals surface area contributed by atoms with Crippen LogP contribution in [-0.4, -0.2) is 0 Å². The molecule has 0 aliphatic rings. The molecule has 0 saturated carbocycles. The summed E-state index contributed by atoms with van der Waals surface area (Å²) in [5.74, 6) is 0. The van der Waals surface area contributed by atoms with Crippen molar-refractivity contribution in [3.05, 3.63) is 24.3 Å². The van der Waals surface area contributed by atoms with Crippen molar-refractivity contribution >= 4 is 0 Å². The summed E-state index contributed by atoms with van der Waals surface area (Å²) < 4.78 is 0. The maximum absolute atomic E-state index is 2.44. The van der Waals surface area contributed by atoms with Gasteiger partial charge >= 0.3 is 0 Å².